The van der Waals surface area contributed by atoms with Crippen LogP contribution in [0.5, 0.6) is 0 Å². The van der Waals surface area contributed by atoms with E-state index in [1.54, 1.807) is 0 Å². The molecule has 4 heterocycles. The molecule has 0 aromatic heterocycles. The van der Waals surface area contributed by atoms with Crippen LogP contribution in [0, 0.1) is 17.4 Å². The van der Waals surface area contributed by atoms with Crippen molar-refractivity contribution in [3.8, 4) is 0 Å². The summed E-state index contributed by atoms with van der Waals surface area (Å²) in [4.78, 5) is 2.41. The Bertz CT molecular complexity index is 855. The van der Waals surface area contributed by atoms with Crippen molar-refractivity contribution in [2.75, 3.05) is 57.5 Å². The molecule has 0 aliphatic carbocycles. The van der Waals surface area contributed by atoms with Crippen LogP contribution in [0.15, 0.2) is 48.5 Å². The molecule has 0 unspecified atom stereocenters. The van der Waals surface area contributed by atoms with Crippen molar-refractivity contribution in [1.82, 2.24) is 5.32 Å². The van der Waals surface area contributed by atoms with Crippen molar-refractivity contribution in [2.24, 2.45) is 0 Å². The van der Waals surface area contributed by atoms with Gasteiger partial charge in [-0.05, 0) is 60.7 Å². The fraction of sp³-hybridized carbons (Fsp3) is 0.571. The first-order valence-electron chi connectivity index (χ1n) is 12.8. The summed E-state index contributed by atoms with van der Waals surface area (Å²) >= 11 is 2.30. The zero-order valence-electron chi connectivity index (χ0n) is 21.1. The molecular formula is C28H39IN2O4. The molecule has 6 rings (SSSR count). The molecule has 6 nitrogen and oxygen atoms in total. The summed E-state index contributed by atoms with van der Waals surface area (Å²) in [5.41, 5.74) is 3.94. The van der Waals surface area contributed by atoms with Crippen molar-refractivity contribution in [1.29, 1.82) is 0 Å². The van der Waals surface area contributed by atoms with E-state index in [0.29, 0.717) is 0 Å². The fourth-order valence-electron chi connectivity index (χ4n) is 4.77. The number of hydrogen-bond donors (Lipinski definition) is 1. The summed E-state index contributed by atoms with van der Waals surface area (Å²) in [6.45, 7) is 11.4. The molecular weight excluding hydrogens is 555 g/mol. The van der Waals surface area contributed by atoms with Gasteiger partial charge in [0.25, 0.3) is 0 Å². The Labute approximate surface area is 223 Å². The maximum absolute atomic E-state index is 5.74. The normalized spacial score (nSPS) is 22.3. The molecule has 0 atom stereocenters. The second-order valence-electron chi connectivity index (χ2n) is 9.58. The van der Waals surface area contributed by atoms with Gasteiger partial charge in [-0.25, -0.2) is 0 Å². The summed E-state index contributed by atoms with van der Waals surface area (Å²) in [5, 5.41) is 3.28. The lowest BCUT2D eigenvalue weighted by molar-refractivity contribution is -0.172. The summed E-state index contributed by atoms with van der Waals surface area (Å²) in [7, 11) is 0. The van der Waals surface area contributed by atoms with Crippen LogP contribution in [-0.2, 0) is 18.9 Å². The molecule has 4 fully saturated rings. The largest absolute Gasteiger partial charge is 0.371 e. The maximum atomic E-state index is 5.74. The third-order valence-corrected chi connectivity index (χ3v) is 7.65. The zero-order valence-corrected chi connectivity index (χ0v) is 23.2. The highest BCUT2D eigenvalue weighted by Crippen LogP contribution is 2.33. The predicted molar refractivity (Wildman–Crippen MR) is 148 cm³/mol. The van der Waals surface area contributed by atoms with Crippen molar-refractivity contribution in [2.45, 2.75) is 51.1 Å². The van der Waals surface area contributed by atoms with Gasteiger partial charge in [-0.3, -0.25) is 0 Å². The van der Waals surface area contributed by atoms with Gasteiger partial charge >= 0.3 is 0 Å². The number of rotatable bonds is 1. The molecule has 192 valence electrons. The Hall–Kier alpha value is -1.23. The number of ether oxygens (including phenoxy) is 4. The number of hydrogen-bond acceptors (Lipinski definition) is 6. The van der Waals surface area contributed by atoms with Crippen LogP contribution in [0.3, 0.4) is 0 Å². The number of nitrogens with zero attached hydrogens (tertiary/aromatic N) is 1. The van der Waals surface area contributed by atoms with Gasteiger partial charge in [0, 0.05) is 61.1 Å². The van der Waals surface area contributed by atoms with Gasteiger partial charge < -0.3 is 29.2 Å². The summed E-state index contributed by atoms with van der Waals surface area (Å²) in [5.74, 6) is -0.452. The highest BCUT2D eigenvalue weighted by Gasteiger charge is 2.40. The smallest absolute Gasteiger partial charge is 0.171 e. The molecule has 0 amide bonds. The molecule has 1 N–H and O–H groups in total. The van der Waals surface area contributed by atoms with E-state index in [2.05, 4.69) is 95.2 Å². The second kappa shape index (κ2) is 12.8. The Morgan fingerprint density at radius 3 is 1.54 bits per heavy atom. The summed E-state index contributed by atoms with van der Waals surface area (Å²) < 4.78 is 23.8. The van der Waals surface area contributed by atoms with Crippen LogP contribution in [0.1, 0.15) is 36.8 Å². The Balaban J connectivity index is 0.000000136. The molecule has 7 heteroatoms. The Morgan fingerprint density at radius 1 is 0.657 bits per heavy atom. The van der Waals surface area contributed by atoms with E-state index in [-0.39, 0.29) is 11.6 Å². The third-order valence-electron chi connectivity index (χ3n) is 6.93. The highest BCUT2D eigenvalue weighted by atomic mass is 127. The van der Waals surface area contributed by atoms with Gasteiger partial charge in [-0.2, -0.15) is 0 Å². The minimum atomic E-state index is -0.263. The first-order chi connectivity index (χ1) is 17.0. The molecule has 4 aliphatic heterocycles. The maximum Gasteiger partial charge on any atom is 0.171 e. The average molecular weight is 595 g/mol. The highest BCUT2D eigenvalue weighted by molar-refractivity contribution is 14.1. The topological polar surface area (TPSA) is 52.2 Å². The van der Waals surface area contributed by atoms with Crippen LogP contribution >= 0.6 is 22.6 Å². The molecule has 2 aromatic carbocycles. The van der Waals surface area contributed by atoms with Gasteiger partial charge in [0.15, 0.2) is 11.6 Å². The average Bonchev–Trinajstić information content (AvgIpc) is 3.53. The van der Waals surface area contributed by atoms with Crippen LogP contribution < -0.4 is 10.2 Å². The zero-order chi connectivity index (χ0) is 24.6. The lowest BCUT2D eigenvalue weighted by Gasteiger charge is -2.38. The van der Waals surface area contributed by atoms with Crippen molar-refractivity contribution in [3.63, 3.8) is 0 Å². The fourth-order valence-corrected chi connectivity index (χ4v) is 5.13. The van der Waals surface area contributed by atoms with Gasteiger partial charge in [-0.1, -0.05) is 35.4 Å². The second-order valence-corrected chi connectivity index (χ2v) is 10.8. The minimum Gasteiger partial charge on any atom is -0.371 e. The number of piperidine rings is 2. The monoisotopic (exact) mass is 594 g/mol. The standard InChI is InChI=1S/C14H19NO2.C7H7I.C7H13NO2/c1-12-2-4-13(5-3-12)15-8-6-14(7-9-15)16-10-11-17-14;1-6-2-4-7(8)5-3-6;1-3-8-4-2-7(1)9-5-6-10-7/h2-5H,6-11H2,1H3;2-5H,1H3;8H,1-6H2. The van der Waals surface area contributed by atoms with E-state index in [9.17, 15) is 0 Å². The molecule has 0 saturated carbocycles. The number of nitrogens with one attached hydrogen (secondary N) is 1. The van der Waals surface area contributed by atoms with Crippen molar-refractivity contribution >= 4 is 28.3 Å². The van der Waals surface area contributed by atoms with E-state index >= 15 is 0 Å². The van der Waals surface area contributed by atoms with Gasteiger partial charge in [0.1, 0.15) is 0 Å². The summed E-state index contributed by atoms with van der Waals surface area (Å²) in [6.07, 6.45) is 3.96. The Kier molecular flexibility index (Phi) is 9.83. The molecule has 2 spiro atoms. The summed E-state index contributed by atoms with van der Waals surface area (Å²) in [6, 6.07) is 17.2. The van der Waals surface area contributed by atoms with E-state index in [1.807, 2.05) is 0 Å². The molecule has 2 aromatic rings. The van der Waals surface area contributed by atoms with Gasteiger partial charge in [0.05, 0.1) is 26.4 Å². The lowest BCUT2D eigenvalue weighted by atomic mass is 10.0. The van der Waals surface area contributed by atoms with Crippen LogP contribution in [0.4, 0.5) is 5.69 Å². The molecule has 35 heavy (non-hydrogen) atoms. The molecule has 4 saturated heterocycles. The SMILES string of the molecule is C1CC2(CCN1)OCCO2.Cc1ccc(I)cc1.Cc1ccc(N2CCC3(CC2)OCCO3)cc1. The van der Waals surface area contributed by atoms with E-state index in [1.165, 1.54) is 20.4 Å². The quantitative estimate of drug-likeness (QED) is 0.467. The molecule has 4 aliphatic rings. The number of aryl methyl sites for hydroxylation is 2. The van der Waals surface area contributed by atoms with E-state index < -0.39 is 0 Å². The molecule has 0 radical (unpaired) electrons. The number of anilines is 1. The van der Waals surface area contributed by atoms with Gasteiger partial charge in [-0.15, -0.1) is 0 Å². The number of halogens is 1. The Morgan fingerprint density at radius 2 is 1.09 bits per heavy atom. The minimum absolute atomic E-state index is 0.189. The van der Waals surface area contributed by atoms with Crippen molar-refractivity contribution in [3.05, 3.63) is 63.2 Å². The first kappa shape index (κ1) is 26.8. The van der Waals surface area contributed by atoms with E-state index in [0.717, 1.165) is 78.3 Å². The first-order valence-corrected chi connectivity index (χ1v) is 13.9. The van der Waals surface area contributed by atoms with Crippen LogP contribution in [0.25, 0.3) is 0 Å². The van der Waals surface area contributed by atoms with Crippen LogP contribution in [0.2, 0.25) is 0 Å². The van der Waals surface area contributed by atoms with E-state index in [4.69, 9.17) is 18.9 Å². The number of benzene rings is 2. The van der Waals surface area contributed by atoms with Crippen LogP contribution in [-0.4, -0.2) is 64.2 Å². The predicted octanol–water partition coefficient (Wildman–Crippen LogP) is 5.05. The molecule has 0 bridgehead atoms. The lowest BCUT2D eigenvalue weighted by Crippen LogP contribution is -2.45. The van der Waals surface area contributed by atoms with Gasteiger partial charge in [0.2, 0.25) is 0 Å². The van der Waals surface area contributed by atoms with Crippen molar-refractivity contribution < 1.29 is 18.9 Å². The third kappa shape index (κ3) is 7.87.